The van der Waals surface area contributed by atoms with Gasteiger partial charge in [-0.2, -0.15) is 4.31 Å². The van der Waals surface area contributed by atoms with Crippen LogP contribution in [-0.2, 0) is 14.8 Å². The number of rotatable bonds is 5. The number of carbonyl (C=O) groups is 1. The molecule has 2 unspecified atom stereocenters. The molecule has 1 aromatic rings. The van der Waals surface area contributed by atoms with Crippen molar-refractivity contribution in [2.45, 2.75) is 51.0 Å². The molecule has 1 heterocycles. The third-order valence-corrected chi connectivity index (χ3v) is 9.48. The Morgan fingerprint density at radius 1 is 1.23 bits per heavy atom. The van der Waals surface area contributed by atoms with Crippen molar-refractivity contribution in [3.63, 3.8) is 0 Å². The minimum absolute atomic E-state index is 0.0256. The Hall–Kier alpha value is -1.64. The number of nitrogens with one attached hydrogen (secondary N) is 1. The number of methoxy groups -OCH3 is 1. The molecule has 0 spiro atoms. The highest BCUT2D eigenvalue weighted by Gasteiger charge is 2.59. The van der Waals surface area contributed by atoms with Crippen molar-refractivity contribution < 1.29 is 22.7 Å². The smallest absolute Gasteiger partial charge is 0.251 e. The minimum atomic E-state index is -3.78. The van der Waals surface area contributed by atoms with Gasteiger partial charge in [0.1, 0.15) is 10.6 Å². The van der Waals surface area contributed by atoms with E-state index in [1.807, 2.05) is 0 Å². The lowest BCUT2D eigenvalue weighted by Crippen LogP contribution is -2.52. The zero-order valence-corrected chi connectivity index (χ0v) is 19.0. The Bertz CT molecular complexity index is 934. The molecule has 2 bridgehead atoms. The summed E-state index contributed by atoms with van der Waals surface area (Å²) in [5, 5.41) is 3.24. The molecule has 8 heteroatoms. The summed E-state index contributed by atoms with van der Waals surface area (Å²) in [4.78, 5) is 13.2. The quantitative estimate of drug-likeness (QED) is 0.767. The number of nitrogens with zero attached hydrogens (tertiary/aromatic N) is 1. The molecule has 0 radical (unpaired) electrons. The normalized spacial score (nSPS) is 30.9. The number of morpholine rings is 1. The van der Waals surface area contributed by atoms with E-state index in [2.05, 4.69) is 26.1 Å². The number of benzene rings is 1. The van der Waals surface area contributed by atoms with Gasteiger partial charge in [0.2, 0.25) is 10.0 Å². The average Bonchev–Trinajstić information content (AvgIpc) is 3.22. The van der Waals surface area contributed by atoms with E-state index in [0.29, 0.717) is 24.7 Å². The number of carbonyl (C=O) groups excluding carboxylic acids is 1. The van der Waals surface area contributed by atoms with E-state index in [-0.39, 0.29) is 46.5 Å². The largest absolute Gasteiger partial charge is 0.495 e. The summed E-state index contributed by atoms with van der Waals surface area (Å²) < 4.78 is 38.4. The molecule has 3 fully saturated rings. The van der Waals surface area contributed by atoms with Gasteiger partial charge in [0, 0.05) is 24.7 Å². The summed E-state index contributed by atoms with van der Waals surface area (Å²) in [6.45, 7) is 8.02. The number of hydrogen-bond donors (Lipinski definition) is 1. The van der Waals surface area contributed by atoms with Crippen LogP contribution < -0.4 is 10.1 Å². The first-order chi connectivity index (χ1) is 14.1. The van der Waals surface area contributed by atoms with Gasteiger partial charge in [0.25, 0.3) is 5.91 Å². The molecule has 2 saturated carbocycles. The summed E-state index contributed by atoms with van der Waals surface area (Å²) in [6.07, 6.45) is 3.45. The first kappa shape index (κ1) is 21.6. The Kier molecular flexibility index (Phi) is 5.39. The van der Waals surface area contributed by atoms with Crippen molar-refractivity contribution in [3.05, 3.63) is 23.8 Å². The Balaban J connectivity index is 1.62. The predicted octanol–water partition coefficient (Wildman–Crippen LogP) is 2.66. The monoisotopic (exact) mass is 436 g/mol. The van der Waals surface area contributed by atoms with Gasteiger partial charge in [-0.25, -0.2) is 8.42 Å². The maximum atomic E-state index is 13.2. The molecule has 1 N–H and O–H groups in total. The highest BCUT2D eigenvalue weighted by molar-refractivity contribution is 7.89. The van der Waals surface area contributed by atoms with Gasteiger partial charge in [-0.05, 0) is 54.2 Å². The van der Waals surface area contributed by atoms with Gasteiger partial charge in [-0.1, -0.05) is 20.8 Å². The third-order valence-electron chi connectivity index (χ3n) is 7.56. The number of hydrogen-bond acceptors (Lipinski definition) is 5. The Labute approximate surface area is 179 Å². The third kappa shape index (κ3) is 3.42. The lowest BCUT2D eigenvalue weighted by atomic mass is 9.68. The van der Waals surface area contributed by atoms with E-state index in [4.69, 9.17) is 9.47 Å². The van der Waals surface area contributed by atoms with Crippen LogP contribution in [-0.4, -0.2) is 58.1 Å². The molecule has 1 aromatic carbocycles. The lowest BCUT2D eigenvalue weighted by Gasteiger charge is -2.43. The molecular formula is C22H32N2O5S. The van der Waals surface area contributed by atoms with Gasteiger partial charge in [0.15, 0.2) is 0 Å². The molecule has 4 rings (SSSR count). The van der Waals surface area contributed by atoms with Gasteiger partial charge in [0.05, 0.1) is 20.3 Å². The van der Waals surface area contributed by atoms with Crippen LogP contribution in [0.15, 0.2) is 23.1 Å². The maximum absolute atomic E-state index is 13.2. The molecule has 166 valence electrons. The molecule has 30 heavy (non-hydrogen) atoms. The second kappa shape index (κ2) is 7.50. The molecule has 0 aromatic heterocycles. The zero-order valence-electron chi connectivity index (χ0n) is 18.2. The number of fused-ring (bicyclic) bond motifs is 2. The van der Waals surface area contributed by atoms with Gasteiger partial charge in [-0.15, -0.1) is 0 Å². The highest BCUT2D eigenvalue weighted by atomic mass is 32.2. The van der Waals surface area contributed by atoms with Crippen LogP contribution in [0.3, 0.4) is 0 Å². The maximum Gasteiger partial charge on any atom is 0.251 e. The number of ether oxygens (including phenoxy) is 2. The number of sulfonamides is 1. The second-order valence-corrected chi connectivity index (χ2v) is 11.6. The van der Waals surface area contributed by atoms with E-state index in [1.54, 1.807) is 12.1 Å². The van der Waals surface area contributed by atoms with E-state index >= 15 is 0 Å². The van der Waals surface area contributed by atoms with Crippen LogP contribution in [0.2, 0.25) is 0 Å². The fraction of sp³-hybridized carbons (Fsp3) is 0.682. The highest BCUT2D eigenvalue weighted by Crippen LogP contribution is 2.62. The summed E-state index contributed by atoms with van der Waals surface area (Å²) >= 11 is 0. The van der Waals surface area contributed by atoms with E-state index in [0.717, 1.165) is 12.8 Å². The van der Waals surface area contributed by atoms with Crippen LogP contribution in [0.25, 0.3) is 0 Å². The minimum Gasteiger partial charge on any atom is -0.495 e. The van der Waals surface area contributed by atoms with E-state index in [9.17, 15) is 13.2 Å². The van der Waals surface area contributed by atoms with Crippen molar-refractivity contribution in [1.29, 1.82) is 0 Å². The molecule has 2 aliphatic carbocycles. The van der Waals surface area contributed by atoms with Crippen molar-refractivity contribution in [3.8, 4) is 5.75 Å². The van der Waals surface area contributed by atoms with Gasteiger partial charge >= 0.3 is 0 Å². The summed E-state index contributed by atoms with van der Waals surface area (Å²) in [6, 6.07) is 4.71. The van der Waals surface area contributed by atoms with Crippen LogP contribution in [0.4, 0.5) is 0 Å². The van der Waals surface area contributed by atoms with Crippen molar-refractivity contribution >= 4 is 15.9 Å². The van der Waals surface area contributed by atoms with Crippen molar-refractivity contribution in [1.82, 2.24) is 9.62 Å². The SMILES string of the molecule is COc1ccc(C(=O)NC2C3(C)CC[C@H](C3)C2(C)C)cc1S(=O)(=O)N1CCOCC1. The Morgan fingerprint density at radius 3 is 2.53 bits per heavy atom. The van der Waals surface area contributed by atoms with Crippen LogP contribution >= 0.6 is 0 Å². The van der Waals surface area contributed by atoms with Crippen LogP contribution in [0, 0.1) is 16.7 Å². The topological polar surface area (TPSA) is 84.9 Å². The second-order valence-electron chi connectivity index (χ2n) is 9.70. The fourth-order valence-electron chi connectivity index (χ4n) is 5.82. The summed E-state index contributed by atoms with van der Waals surface area (Å²) in [5.41, 5.74) is 0.460. The van der Waals surface area contributed by atoms with Gasteiger partial charge in [-0.3, -0.25) is 4.79 Å². The van der Waals surface area contributed by atoms with Crippen LogP contribution in [0.1, 0.15) is 50.4 Å². The molecule has 3 atom stereocenters. The first-order valence-corrected chi connectivity index (χ1v) is 12.1. The molecule has 1 aliphatic heterocycles. The molecule has 1 saturated heterocycles. The lowest BCUT2D eigenvalue weighted by molar-refractivity contribution is 0.0728. The predicted molar refractivity (Wildman–Crippen MR) is 113 cm³/mol. The summed E-state index contributed by atoms with van der Waals surface area (Å²) in [5.74, 6) is 0.620. The average molecular weight is 437 g/mol. The molecule has 1 amide bonds. The fourth-order valence-corrected chi connectivity index (χ4v) is 7.41. The molecule has 3 aliphatic rings. The number of amides is 1. The Morgan fingerprint density at radius 2 is 1.93 bits per heavy atom. The van der Waals surface area contributed by atoms with Crippen molar-refractivity contribution in [2.75, 3.05) is 33.4 Å². The first-order valence-electron chi connectivity index (χ1n) is 10.7. The van der Waals surface area contributed by atoms with E-state index < -0.39 is 10.0 Å². The summed E-state index contributed by atoms with van der Waals surface area (Å²) in [7, 11) is -2.35. The molecule has 7 nitrogen and oxygen atoms in total. The van der Waals surface area contributed by atoms with Crippen LogP contribution in [0.5, 0.6) is 5.75 Å². The molecular weight excluding hydrogens is 404 g/mol. The van der Waals surface area contributed by atoms with E-state index in [1.165, 1.54) is 23.9 Å². The van der Waals surface area contributed by atoms with Gasteiger partial charge < -0.3 is 14.8 Å². The standard InChI is InChI=1S/C22H32N2O5S/c1-21(2)16-7-8-22(3,14-16)20(21)23-19(25)15-5-6-17(28-4)18(13-15)30(26,27)24-9-11-29-12-10-24/h5-6,13,16,20H,7-12,14H2,1-4H3,(H,23,25)/t16-,20?,22?/m1/s1. The van der Waals surface area contributed by atoms with Crippen molar-refractivity contribution in [2.24, 2.45) is 16.7 Å². The zero-order chi connectivity index (χ0) is 21.7.